The highest BCUT2D eigenvalue weighted by Crippen LogP contribution is 2.39. The molecule has 2 aliphatic heterocycles. The third kappa shape index (κ3) is 3.61. The lowest BCUT2D eigenvalue weighted by Gasteiger charge is -2.34. The van der Waals surface area contributed by atoms with Crippen LogP contribution < -0.4 is 24.4 Å². The molecular weight excluding hydrogens is 454 g/mol. The number of para-hydroxylation sites is 2. The van der Waals surface area contributed by atoms with Crippen molar-refractivity contribution in [3.8, 4) is 17.2 Å². The second-order valence-electron chi connectivity index (χ2n) is 7.21. The number of anilines is 1. The van der Waals surface area contributed by atoms with Crippen molar-refractivity contribution in [1.29, 1.82) is 0 Å². The van der Waals surface area contributed by atoms with E-state index in [0.29, 0.717) is 15.7 Å². The van der Waals surface area contributed by atoms with Crippen molar-refractivity contribution in [2.24, 2.45) is 0 Å². The van der Waals surface area contributed by atoms with E-state index >= 15 is 0 Å². The average Bonchev–Trinajstić information content (AvgIpc) is 3.01. The lowest BCUT2D eigenvalue weighted by molar-refractivity contribution is -0.128. The van der Waals surface area contributed by atoms with Gasteiger partial charge >= 0.3 is 0 Å². The van der Waals surface area contributed by atoms with Gasteiger partial charge in [0.2, 0.25) is 5.91 Å². The fourth-order valence-corrected chi connectivity index (χ4v) is 5.25. The highest BCUT2D eigenvalue weighted by Gasteiger charge is 2.45. The van der Waals surface area contributed by atoms with E-state index in [0.717, 1.165) is 0 Å². The summed E-state index contributed by atoms with van der Waals surface area (Å²) in [5.41, 5.74) is 0.249. The number of nitrogens with zero attached hydrogens (tertiary/aromatic N) is 2. The van der Waals surface area contributed by atoms with Gasteiger partial charge in [-0.15, -0.1) is 0 Å². The normalized spacial score (nSPS) is 18.2. The third-order valence-electron chi connectivity index (χ3n) is 5.40. The summed E-state index contributed by atoms with van der Waals surface area (Å²) >= 11 is 0. The first-order valence-corrected chi connectivity index (χ1v) is 11.3. The van der Waals surface area contributed by atoms with E-state index in [4.69, 9.17) is 14.2 Å². The van der Waals surface area contributed by atoms with E-state index in [1.807, 2.05) is 0 Å². The molecule has 2 aliphatic rings. The molecule has 0 aromatic heterocycles. The first kappa shape index (κ1) is 22.4. The van der Waals surface area contributed by atoms with Crippen molar-refractivity contribution >= 4 is 33.4 Å². The number of carbonyl (C=O) groups is 3. The van der Waals surface area contributed by atoms with Crippen LogP contribution in [0.5, 0.6) is 17.2 Å². The number of hydrogen-bond acceptors (Lipinski definition) is 8. The number of sulfonamides is 1. The van der Waals surface area contributed by atoms with Gasteiger partial charge in [-0.1, -0.05) is 12.1 Å². The summed E-state index contributed by atoms with van der Waals surface area (Å²) in [5.74, 6) is -1.38. The van der Waals surface area contributed by atoms with Crippen LogP contribution in [0.25, 0.3) is 0 Å². The van der Waals surface area contributed by atoms with E-state index in [1.54, 1.807) is 24.3 Å². The number of rotatable bonds is 5. The molecule has 174 valence electrons. The van der Waals surface area contributed by atoms with E-state index < -0.39 is 40.4 Å². The lowest BCUT2D eigenvalue weighted by atomic mass is 10.1. The fraction of sp³-hybridized carbons (Fsp3) is 0.286. The number of methoxy groups -OCH3 is 2. The van der Waals surface area contributed by atoms with E-state index in [-0.39, 0.29) is 28.5 Å². The summed E-state index contributed by atoms with van der Waals surface area (Å²) in [6.07, 6.45) is -0.995. The largest absolute Gasteiger partial charge is 0.493 e. The smallest absolute Gasteiger partial charge is 0.269 e. The van der Waals surface area contributed by atoms with Crippen molar-refractivity contribution in [3.05, 3.63) is 42.0 Å². The van der Waals surface area contributed by atoms with Crippen LogP contribution in [-0.2, 0) is 19.6 Å². The topological polar surface area (TPSA) is 132 Å². The predicted octanol–water partition coefficient (Wildman–Crippen LogP) is 0.389. The summed E-state index contributed by atoms with van der Waals surface area (Å²) in [4.78, 5) is 39.3. The maximum atomic E-state index is 13.2. The Hall–Kier alpha value is -3.80. The molecule has 0 spiro atoms. The van der Waals surface area contributed by atoms with Crippen LogP contribution in [0.2, 0.25) is 0 Å². The Morgan fingerprint density at radius 1 is 1.15 bits per heavy atom. The molecule has 1 N–H and O–H groups in total. The van der Waals surface area contributed by atoms with Gasteiger partial charge in [0.1, 0.15) is 17.2 Å². The molecule has 11 nitrogen and oxygen atoms in total. The molecule has 4 rings (SSSR count). The SMILES string of the molecule is CNC(=O)C1CN(C(=O)CN2C(=O)c3cc(OC)c(OC)cc3S2(=O)=O)c2ccccc2O1. The number of likely N-dealkylation sites (N-methyl/N-ethyl adjacent to an activating group) is 1. The van der Waals surface area contributed by atoms with Crippen LogP contribution in [0, 0.1) is 0 Å². The molecule has 0 saturated heterocycles. The zero-order valence-corrected chi connectivity index (χ0v) is 18.8. The second kappa shape index (κ2) is 8.28. The first-order chi connectivity index (χ1) is 15.7. The molecule has 2 aromatic carbocycles. The summed E-state index contributed by atoms with van der Waals surface area (Å²) in [6.45, 7) is -0.901. The molecule has 0 aliphatic carbocycles. The molecule has 0 radical (unpaired) electrons. The standard InChI is InChI=1S/C21H21N3O8S/c1-22-20(26)17-10-23(13-6-4-5-7-14(13)32-17)19(25)11-24-21(27)12-8-15(30-2)16(31-3)9-18(12)33(24,28)29/h4-9,17H,10-11H2,1-3H3,(H,22,26). The molecule has 0 bridgehead atoms. The number of ether oxygens (including phenoxy) is 3. The fourth-order valence-electron chi connectivity index (χ4n) is 3.74. The Labute approximate surface area is 189 Å². The minimum Gasteiger partial charge on any atom is -0.493 e. The number of amides is 3. The average molecular weight is 475 g/mol. The quantitative estimate of drug-likeness (QED) is 0.657. The van der Waals surface area contributed by atoms with Gasteiger partial charge in [0.25, 0.3) is 21.8 Å². The highest BCUT2D eigenvalue weighted by molar-refractivity contribution is 7.90. The molecule has 1 unspecified atom stereocenters. The van der Waals surface area contributed by atoms with Gasteiger partial charge in [-0.25, -0.2) is 12.7 Å². The number of nitrogens with one attached hydrogen (secondary N) is 1. The minimum atomic E-state index is -4.31. The molecule has 33 heavy (non-hydrogen) atoms. The number of hydrogen-bond donors (Lipinski definition) is 1. The molecule has 2 heterocycles. The highest BCUT2D eigenvalue weighted by atomic mass is 32.2. The van der Waals surface area contributed by atoms with Crippen molar-refractivity contribution < 1.29 is 37.0 Å². The van der Waals surface area contributed by atoms with Crippen LogP contribution >= 0.6 is 0 Å². The molecular formula is C21H21N3O8S. The van der Waals surface area contributed by atoms with Gasteiger partial charge < -0.3 is 24.4 Å². The minimum absolute atomic E-state index is 0.119. The summed E-state index contributed by atoms with van der Waals surface area (Å²) in [5, 5.41) is 2.47. The maximum absolute atomic E-state index is 13.2. The van der Waals surface area contributed by atoms with Gasteiger partial charge in [-0.3, -0.25) is 14.4 Å². The number of benzene rings is 2. The number of carbonyl (C=O) groups excluding carboxylic acids is 3. The van der Waals surface area contributed by atoms with Crippen LogP contribution in [0.3, 0.4) is 0 Å². The Kier molecular flexibility index (Phi) is 5.62. The molecule has 12 heteroatoms. The van der Waals surface area contributed by atoms with Crippen molar-refractivity contribution in [2.75, 3.05) is 39.3 Å². The van der Waals surface area contributed by atoms with Crippen LogP contribution in [0.4, 0.5) is 5.69 Å². The molecule has 1 atom stereocenters. The Bertz CT molecular complexity index is 1260. The van der Waals surface area contributed by atoms with Crippen molar-refractivity contribution in [3.63, 3.8) is 0 Å². The first-order valence-electron chi connectivity index (χ1n) is 9.83. The van der Waals surface area contributed by atoms with Crippen LogP contribution in [-0.4, -0.2) is 70.9 Å². The third-order valence-corrected chi connectivity index (χ3v) is 7.17. The molecule has 0 saturated carbocycles. The zero-order valence-electron chi connectivity index (χ0n) is 18.0. The monoisotopic (exact) mass is 475 g/mol. The van der Waals surface area contributed by atoms with Gasteiger partial charge in [0.05, 0.1) is 32.0 Å². The lowest BCUT2D eigenvalue weighted by Crippen LogP contribution is -2.52. The summed E-state index contributed by atoms with van der Waals surface area (Å²) in [6, 6.07) is 9.02. The Morgan fingerprint density at radius 3 is 2.48 bits per heavy atom. The maximum Gasteiger partial charge on any atom is 0.269 e. The Balaban J connectivity index is 1.67. The molecule has 3 amide bonds. The number of fused-ring (bicyclic) bond motifs is 2. The zero-order chi connectivity index (χ0) is 23.9. The van der Waals surface area contributed by atoms with Crippen LogP contribution in [0.15, 0.2) is 41.3 Å². The van der Waals surface area contributed by atoms with Gasteiger partial charge in [-0.05, 0) is 18.2 Å². The second-order valence-corrected chi connectivity index (χ2v) is 9.04. The Morgan fingerprint density at radius 2 is 1.82 bits per heavy atom. The van der Waals surface area contributed by atoms with Gasteiger partial charge in [-0.2, -0.15) is 0 Å². The van der Waals surface area contributed by atoms with Gasteiger partial charge in [0, 0.05) is 13.1 Å². The van der Waals surface area contributed by atoms with Crippen molar-refractivity contribution in [2.45, 2.75) is 11.0 Å². The van der Waals surface area contributed by atoms with Crippen LogP contribution in [0.1, 0.15) is 10.4 Å². The van der Waals surface area contributed by atoms with Gasteiger partial charge in [0.15, 0.2) is 17.6 Å². The van der Waals surface area contributed by atoms with Crippen molar-refractivity contribution in [1.82, 2.24) is 9.62 Å². The summed E-state index contributed by atoms with van der Waals surface area (Å²) < 4.78 is 42.7. The summed E-state index contributed by atoms with van der Waals surface area (Å²) in [7, 11) is -0.170. The van der Waals surface area contributed by atoms with E-state index in [2.05, 4.69) is 5.32 Å². The molecule has 0 fully saturated rings. The predicted molar refractivity (Wildman–Crippen MR) is 115 cm³/mol. The van der Waals surface area contributed by atoms with E-state index in [9.17, 15) is 22.8 Å². The molecule has 2 aromatic rings. The van der Waals surface area contributed by atoms with E-state index in [1.165, 1.54) is 38.3 Å².